The minimum absolute atomic E-state index is 0. The number of hydrogen-bond acceptors (Lipinski definition) is 2. The molecule has 20 heavy (non-hydrogen) atoms. The van der Waals surface area contributed by atoms with Crippen LogP contribution in [0, 0.1) is 0 Å². The highest BCUT2D eigenvalue weighted by Gasteiger charge is 2.14. The van der Waals surface area contributed by atoms with Gasteiger partial charge in [0.05, 0.1) is 6.54 Å². The van der Waals surface area contributed by atoms with Gasteiger partial charge in [0.1, 0.15) is 11.5 Å². The van der Waals surface area contributed by atoms with Crippen LogP contribution in [0.1, 0.15) is 33.0 Å². The van der Waals surface area contributed by atoms with Crippen molar-refractivity contribution in [3.63, 3.8) is 0 Å². The summed E-state index contributed by atoms with van der Waals surface area (Å²) in [7, 11) is 0. The summed E-state index contributed by atoms with van der Waals surface area (Å²) in [6.45, 7) is 7.34. The van der Waals surface area contributed by atoms with Crippen LogP contribution >= 0.6 is 28.3 Å². The van der Waals surface area contributed by atoms with Crippen molar-refractivity contribution in [3.8, 4) is 11.3 Å². The van der Waals surface area contributed by atoms with Gasteiger partial charge in [0, 0.05) is 15.6 Å². The van der Waals surface area contributed by atoms with E-state index in [0.29, 0.717) is 0 Å². The van der Waals surface area contributed by atoms with Gasteiger partial charge < -0.3 is 9.73 Å². The van der Waals surface area contributed by atoms with Gasteiger partial charge in [-0.15, -0.1) is 12.4 Å². The molecular weight excluding hydrogens is 338 g/mol. The fourth-order valence-corrected chi connectivity index (χ4v) is 1.96. The zero-order chi connectivity index (χ0) is 13.9. The minimum Gasteiger partial charge on any atom is -0.460 e. The highest BCUT2D eigenvalue weighted by Crippen LogP contribution is 2.24. The number of furan rings is 1. The van der Waals surface area contributed by atoms with Crippen molar-refractivity contribution in [3.05, 3.63) is 46.6 Å². The van der Waals surface area contributed by atoms with E-state index in [2.05, 4.69) is 54.2 Å². The molecule has 0 bridgehead atoms. The first kappa shape index (κ1) is 17.3. The SMILES string of the molecule is CCC(C)(C)NCc1ccc(-c2ccc(Br)cc2)o1.Cl. The van der Waals surface area contributed by atoms with Crippen LogP contribution in [0.2, 0.25) is 0 Å². The van der Waals surface area contributed by atoms with Crippen LogP contribution in [-0.4, -0.2) is 5.54 Å². The highest BCUT2D eigenvalue weighted by molar-refractivity contribution is 9.10. The molecular formula is C16H21BrClNO. The first-order valence-electron chi connectivity index (χ1n) is 6.60. The number of rotatable bonds is 5. The van der Waals surface area contributed by atoms with E-state index < -0.39 is 0 Å². The lowest BCUT2D eigenvalue weighted by atomic mass is 10.0. The van der Waals surface area contributed by atoms with Gasteiger partial charge in [0.15, 0.2) is 0 Å². The molecule has 2 nitrogen and oxygen atoms in total. The summed E-state index contributed by atoms with van der Waals surface area (Å²) in [5.41, 5.74) is 1.24. The van der Waals surface area contributed by atoms with Crippen LogP contribution in [0.25, 0.3) is 11.3 Å². The summed E-state index contributed by atoms with van der Waals surface area (Å²) in [5.74, 6) is 1.89. The molecule has 0 saturated heterocycles. The molecule has 0 spiro atoms. The predicted molar refractivity (Wildman–Crippen MR) is 90.3 cm³/mol. The van der Waals surface area contributed by atoms with Crippen molar-refractivity contribution in [2.75, 3.05) is 0 Å². The third kappa shape index (κ3) is 4.65. The van der Waals surface area contributed by atoms with Crippen molar-refractivity contribution in [1.29, 1.82) is 0 Å². The molecule has 2 aromatic rings. The molecule has 1 aromatic carbocycles. The Bertz CT molecular complexity index is 534. The summed E-state index contributed by atoms with van der Waals surface area (Å²) < 4.78 is 6.95. The Morgan fingerprint density at radius 1 is 1.10 bits per heavy atom. The van der Waals surface area contributed by atoms with Crippen molar-refractivity contribution in [2.24, 2.45) is 0 Å². The maximum Gasteiger partial charge on any atom is 0.134 e. The van der Waals surface area contributed by atoms with Gasteiger partial charge in [-0.25, -0.2) is 0 Å². The van der Waals surface area contributed by atoms with Gasteiger partial charge in [0.25, 0.3) is 0 Å². The number of halogens is 2. The molecule has 2 rings (SSSR count). The summed E-state index contributed by atoms with van der Waals surface area (Å²) in [4.78, 5) is 0. The summed E-state index contributed by atoms with van der Waals surface area (Å²) in [6, 6.07) is 12.2. The molecule has 1 heterocycles. The third-order valence-electron chi connectivity index (χ3n) is 3.42. The van der Waals surface area contributed by atoms with Crippen LogP contribution in [0.5, 0.6) is 0 Å². The summed E-state index contributed by atoms with van der Waals surface area (Å²) >= 11 is 3.44. The molecule has 0 atom stereocenters. The number of benzene rings is 1. The molecule has 1 N–H and O–H groups in total. The average molecular weight is 359 g/mol. The van der Waals surface area contributed by atoms with Crippen molar-refractivity contribution in [1.82, 2.24) is 5.32 Å². The van der Waals surface area contributed by atoms with Gasteiger partial charge >= 0.3 is 0 Å². The molecule has 0 unspecified atom stereocenters. The van der Waals surface area contributed by atoms with E-state index in [4.69, 9.17) is 4.42 Å². The van der Waals surface area contributed by atoms with E-state index in [1.807, 2.05) is 24.3 Å². The van der Waals surface area contributed by atoms with Gasteiger partial charge in [-0.05, 0) is 44.5 Å². The Kier molecular flexibility index (Phi) is 6.31. The van der Waals surface area contributed by atoms with E-state index in [0.717, 1.165) is 34.5 Å². The van der Waals surface area contributed by atoms with E-state index in [9.17, 15) is 0 Å². The standard InChI is InChI=1S/C16H20BrNO.ClH/c1-4-16(2,3)18-11-14-9-10-15(19-14)12-5-7-13(17)8-6-12;/h5-10,18H,4,11H2,1-3H3;1H. The molecule has 4 heteroatoms. The lowest BCUT2D eigenvalue weighted by molar-refractivity contribution is 0.353. The zero-order valence-corrected chi connectivity index (χ0v) is 14.5. The Morgan fingerprint density at radius 3 is 2.35 bits per heavy atom. The molecule has 0 amide bonds. The zero-order valence-electron chi connectivity index (χ0n) is 12.1. The van der Waals surface area contributed by atoms with E-state index in [1.165, 1.54) is 0 Å². The molecule has 0 radical (unpaired) electrons. The fourth-order valence-electron chi connectivity index (χ4n) is 1.69. The maximum atomic E-state index is 5.87. The van der Waals surface area contributed by atoms with Crippen LogP contribution in [0.4, 0.5) is 0 Å². The molecule has 0 fully saturated rings. The van der Waals surface area contributed by atoms with Crippen molar-refractivity contribution < 1.29 is 4.42 Å². The van der Waals surface area contributed by atoms with E-state index in [1.54, 1.807) is 0 Å². The van der Waals surface area contributed by atoms with Gasteiger partial charge in [-0.1, -0.05) is 35.0 Å². The number of hydrogen-bond donors (Lipinski definition) is 1. The second kappa shape index (κ2) is 7.30. The van der Waals surface area contributed by atoms with Crippen LogP contribution in [-0.2, 0) is 6.54 Å². The van der Waals surface area contributed by atoms with E-state index >= 15 is 0 Å². The van der Waals surface area contributed by atoms with Crippen molar-refractivity contribution in [2.45, 2.75) is 39.3 Å². The smallest absolute Gasteiger partial charge is 0.134 e. The Hall–Kier alpha value is -0.770. The lowest BCUT2D eigenvalue weighted by Gasteiger charge is -2.23. The van der Waals surface area contributed by atoms with Gasteiger partial charge in [0.2, 0.25) is 0 Å². The topological polar surface area (TPSA) is 25.2 Å². The average Bonchev–Trinajstić information content (AvgIpc) is 2.86. The Labute approximate surface area is 135 Å². The van der Waals surface area contributed by atoms with Gasteiger partial charge in [-0.2, -0.15) is 0 Å². The molecule has 0 saturated carbocycles. The number of nitrogens with one attached hydrogen (secondary N) is 1. The van der Waals surface area contributed by atoms with Gasteiger partial charge in [-0.3, -0.25) is 0 Å². The molecule has 0 aliphatic rings. The van der Waals surface area contributed by atoms with E-state index in [-0.39, 0.29) is 17.9 Å². The van der Waals surface area contributed by atoms with Crippen LogP contribution in [0.15, 0.2) is 45.3 Å². The molecule has 110 valence electrons. The first-order valence-corrected chi connectivity index (χ1v) is 7.39. The minimum atomic E-state index is 0. The molecule has 1 aromatic heterocycles. The third-order valence-corrected chi connectivity index (χ3v) is 3.94. The Morgan fingerprint density at radius 2 is 1.75 bits per heavy atom. The summed E-state index contributed by atoms with van der Waals surface area (Å²) in [6.07, 6.45) is 1.09. The fraction of sp³-hybridized carbons (Fsp3) is 0.375. The Balaban J connectivity index is 0.00000200. The highest BCUT2D eigenvalue weighted by atomic mass is 79.9. The van der Waals surface area contributed by atoms with Crippen LogP contribution < -0.4 is 5.32 Å². The predicted octanol–water partition coefficient (Wildman–Crippen LogP) is 5.41. The van der Waals surface area contributed by atoms with Crippen LogP contribution in [0.3, 0.4) is 0 Å². The maximum absolute atomic E-state index is 5.87. The lowest BCUT2D eigenvalue weighted by Crippen LogP contribution is -2.37. The quantitative estimate of drug-likeness (QED) is 0.773. The second-order valence-electron chi connectivity index (χ2n) is 5.36. The second-order valence-corrected chi connectivity index (χ2v) is 6.28. The molecule has 0 aliphatic heterocycles. The normalized spacial score (nSPS) is 11.2. The largest absolute Gasteiger partial charge is 0.460 e. The monoisotopic (exact) mass is 357 g/mol. The molecule has 0 aliphatic carbocycles. The first-order chi connectivity index (χ1) is 9.00. The van der Waals surface area contributed by atoms with Crippen molar-refractivity contribution >= 4 is 28.3 Å². The summed E-state index contributed by atoms with van der Waals surface area (Å²) in [5, 5.41) is 3.50.